The molecule has 0 unspecified atom stereocenters. The van der Waals surface area contributed by atoms with Crippen molar-refractivity contribution in [2.45, 2.75) is 26.5 Å². The molecule has 0 saturated heterocycles. The van der Waals surface area contributed by atoms with Crippen LogP contribution in [0.25, 0.3) is 0 Å². The minimum atomic E-state index is -0.642. The fraction of sp³-hybridized carbons (Fsp3) is 0.226. The molecule has 1 aliphatic heterocycles. The van der Waals surface area contributed by atoms with Crippen LogP contribution in [0.4, 0.5) is 0 Å². The van der Waals surface area contributed by atoms with Gasteiger partial charge in [-0.2, -0.15) is 5.10 Å². The molecule has 0 aromatic heterocycles. The molecule has 10 nitrogen and oxygen atoms in total. The van der Waals surface area contributed by atoms with E-state index in [4.69, 9.17) is 42.8 Å². The van der Waals surface area contributed by atoms with Gasteiger partial charge in [-0.1, -0.05) is 57.9 Å². The third kappa shape index (κ3) is 8.49. The summed E-state index contributed by atoms with van der Waals surface area (Å²) in [6.45, 7) is 3.59. The molecule has 0 bridgehead atoms. The Morgan fingerprint density at radius 2 is 1.91 bits per heavy atom. The van der Waals surface area contributed by atoms with E-state index in [1.165, 1.54) is 13.3 Å². The Morgan fingerprint density at radius 1 is 1.11 bits per heavy atom. The molecule has 4 rings (SSSR count). The summed E-state index contributed by atoms with van der Waals surface area (Å²) in [7, 11) is 1.53. The number of hydrogen-bond acceptors (Lipinski definition) is 8. The average Bonchev–Trinajstić information content (AvgIpc) is 2.99. The first-order valence-electron chi connectivity index (χ1n) is 13.4. The number of halogens is 2. The number of allylic oxidation sites excluding steroid dienone is 1. The summed E-state index contributed by atoms with van der Waals surface area (Å²) in [6, 6.07) is 17.3. The van der Waals surface area contributed by atoms with E-state index in [-0.39, 0.29) is 19.8 Å². The third-order valence-electron chi connectivity index (χ3n) is 6.29. The molecule has 0 fully saturated rings. The molecule has 3 N–H and O–H groups in total. The lowest BCUT2D eigenvalue weighted by Crippen LogP contribution is -2.45. The predicted octanol–water partition coefficient (Wildman–Crippen LogP) is 5.58. The number of amides is 1. The molecule has 1 aliphatic rings. The van der Waals surface area contributed by atoms with Crippen molar-refractivity contribution in [1.82, 2.24) is 16.1 Å². The average molecular weight is 702 g/mol. The molecule has 0 spiro atoms. The largest absolute Gasteiger partial charge is 0.493 e. The number of hydrogen-bond donors (Lipinski definition) is 3. The number of ether oxygens (including phenoxy) is 4. The van der Waals surface area contributed by atoms with E-state index < -0.39 is 17.9 Å². The Hall–Kier alpha value is -4.13. The highest BCUT2D eigenvalue weighted by molar-refractivity contribution is 9.10. The number of nitrogens with one attached hydrogen (secondary N) is 3. The highest BCUT2D eigenvalue weighted by atomic mass is 79.9. The van der Waals surface area contributed by atoms with Gasteiger partial charge in [0, 0.05) is 26.3 Å². The van der Waals surface area contributed by atoms with Gasteiger partial charge in [0.25, 0.3) is 5.91 Å². The third-order valence-corrected chi connectivity index (χ3v) is 7.20. The van der Waals surface area contributed by atoms with Gasteiger partial charge in [0.2, 0.25) is 0 Å². The van der Waals surface area contributed by atoms with Crippen molar-refractivity contribution >= 4 is 63.0 Å². The summed E-state index contributed by atoms with van der Waals surface area (Å²) in [4.78, 5) is 25.5. The molecule has 0 saturated carbocycles. The molecule has 230 valence electrons. The number of nitrogens with zero attached hydrogens (tertiary/aromatic N) is 1. The van der Waals surface area contributed by atoms with Gasteiger partial charge in [-0.05, 0) is 62.0 Å². The van der Waals surface area contributed by atoms with Crippen LogP contribution in [0.15, 0.2) is 81.5 Å². The maximum absolute atomic E-state index is 12.8. The number of carbonyl (C=O) groups excluding carboxylic acids is 2. The Bertz CT molecular complexity index is 1620. The Labute approximate surface area is 273 Å². The zero-order valence-corrected chi connectivity index (χ0v) is 27.3. The van der Waals surface area contributed by atoms with Crippen LogP contribution in [-0.4, -0.2) is 43.5 Å². The summed E-state index contributed by atoms with van der Waals surface area (Å²) >= 11 is 14.9. The standard InChI is InChI=1S/C31H30BrClN4O6S/c1-4-41-30(39)27-18(2)35-31(44)36-28(27)23-10-5-6-11-24(23)42-17-26(38)37-34-15-20-13-21(32)14-25(40-3)29(20)43-16-19-8-7-9-22(33)12-19/h5-15,28H,4,16-17H2,1-3H3,(H,37,38)(H2,35,36,44)/t28-/m1/s1. The van der Waals surface area contributed by atoms with Gasteiger partial charge >= 0.3 is 5.97 Å². The SMILES string of the molecule is CCOC(=O)C1=C(C)NC(=S)N[C@@H]1c1ccccc1OCC(=O)NN=Cc1cc(Br)cc(OC)c1OCc1cccc(Cl)c1. The van der Waals surface area contributed by atoms with E-state index in [0.717, 1.165) is 10.0 Å². The molecule has 1 amide bonds. The molecule has 3 aromatic carbocycles. The molecular weight excluding hydrogens is 672 g/mol. The molecule has 0 radical (unpaired) electrons. The Balaban J connectivity index is 1.45. The number of para-hydroxylation sites is 1. The molecule has 1 atom stereocenters. The minimum Gasteiger partial charge on any atom is -0.493 e. The zero-order valence-electron chi connectivity index (χ0n) is 24.1. The van der Waals surface area contributed by atoms with Crippen molar-refractivity contribution in [2.24, 2.45) is 5.10 Å². The Kier molecular flexibility index (Phi) is 11.6. The van der Waals surface area contributed by atoms with Crippen LogP contribution in [0.1, 0.15) is 36.6 Å². The molecule has 0 aliphatic carbocycles. The van der Waals surface area contributed by atoms with Crippen LogP contribution in [-0.2, 0) is 20.9 Å². The summed E-state index contributed by atoms with van der Waals surface area (Å²) in [5.41, 5.74) is 5.45. The van der Waals surface area contributed by atoms with Crippen LogP contribution >= 0.6 is 39.7 Å². The van der Waals surface area contributed by atoms with Gasteiger partial charge in [-0.25, -0.2) is 10.2 Å². The first kappa shape index (κ1) is 32.8. The molecular formula is C31H30BrClN4O6S. The normalized spacial score (nSPS) is 14.5. The highest BCUT2D eigenvalue weighted by Crippen LogP contribution is 2.35. The van der Waals surface area contributed by atoms with E-state index in [2.05, 4.69) is 37.1 Å². The molecule has 3 aromatic rings. The first-order chi connectivity index (χ1) is 21.2. The number of hydrazone groups is 1. The maximum Gasteiger partial charge on any atom is 0.338 e. The summed E-state index contributed by atoms with van der Waals surface area (Å²) in [5, 5.41) is 11.1. The van der Waals surface area contributed by atoms with Gasteiger partial charge in [0.15, 0.2) is 23.2 Å². The molecule has 44 heavy (non-hydrogen) atoms. The number of methoxy groups -OCH3 is 1. The van der Waals surface area contributed by atoms with E-state index >= 15 is 0 Å². The topological polar surface area (TPSA) is 120 Å². The number of thiocarbonyl (C=S) groups is 1. The summed E-state index contributed by atoms with van der Waals surface area (Å²) < 4.78 is 23.4. The van der Waals surface area contributed by atoms with Gasteiger partial charge in [0.1, 0.15) is 12.4 Å². The molecule has 1 heterocycles. The van der Waals surface area contributed by atoms with E-state index in [1.807, 2.05) is 18.2 Å². The zero-order chi connectivity index (χ0) is 31.6. The summed E-state index contributed by atoms with van der Waals surface area (Å²) in [6.07, 6.45) is 1.45. The number of esters is 1. The van der Waals surface area contributed by atoms with Crippen LogP contribution in [0.2, 0.25) is 5.02 Å². The van der Waals surface area contributed by atoms with Crippen molar-refractivity contribution in [3.05, 3.63) is 98.1 Å². The second-order valence-corrected chi connectivity index (χ2v) is 11.1. The van der Waals surface area contributed by atoms with Gasteiger partial charge in [0.05, 0.1) is 31.5 Å². The quantitative estimate of drug-likeness (QED) is 0.0964. The van der Waals surface area contributed by atoms with E-state index in [1.54, 1.807) is 56.3 Å². The van der Waals surface area contributed by atoms with E-state index in [0.29, 0.717) is 49.8 Å². The van der Waals surface area contributed by atoms with Gasteiger partial charge < -0.3 is 29.6 Å². The first-order valence-corrected chi connectivity index (χ1v) is 15.0. The van der Waals surface area contributed by atoms with Crippen molar-refractivity contribution in [3.8, 4) is 17.2 Å². The fourth-order valence-corrected chi connectivity index (χ4v) is 5.32. The van der Waals surface area contributed by atoms with Crippen molar-refractivity contribution in [2.75, 3.05) is 20.3 Å². The minimum absolute atomic E-state index is 0.216. The fourth-order valence-electron chi connectivity index (χ4n) is 4.38. The Morgan fingerprint density at radius 3 is 2.66 bits per heavy atom. The van der Waals surface area contributed by atoms with Crippen LogP contribution < -0.4 is 30.3 Å². The second-order valence-electron chi connectivity index (χ2n) is 9.36. The lowest BCUT2D eigenvalue weighted by atomic mass is 9.95. The second kappa shape index (κ2) is 15.6. The monoisotopic (exact) mass is 700 g/mol. The van der Waals surface area contributed by atoms with Gasteiger partial charge in [-0.15, -0.1) is 0 Å². The van der Waals surface area contributed by atoms with Crippen LogP contribution in [0.5, 0.6) is 17.2 Å². The lowest BCUT2D eigenvalue weighted by molar-refractivity contribution is -0.139. The number of rotatable bonds is 12. The predicted molar refractivity (Wildman–Crippen MR) is 175 cm³/mol. The molecule has 13 heteroatoms. The van der Waals surface area contributed by atoms with Crippen molar-refractivity contribution in [1.29, 1.82) is 0 Å². The lowest BCUT2D eigenvalue weighted by Gasteiger charge is -2.30. The highest BCUT2D eigenvalue weighted by Gasteiger charge is 2.32. The van der Waals surface area contributed by atoms with Crippen molar-refractivity contribution in [3.63, 3.8) is 0 Å². The van der Waals surface area contributed by atoms with Gasteiger partial charge in [-0.3, -0.25) is 4.79 Å². The number of benzene rings is 3. The number of carbonyl (C=O) groups is 2. The maximum atomic E-state index is 12.8. The van der Waals surface area contributed by atoms with Crippen LogP contribution in [0.3, 0.4) is 0 Å². The van der Waals surface area contributed by atoms with Crippen molar-refractivity contribution < 1.29 is 28.5 Å². The van der Waals surface area contributed by atoms with E-state index in [9.17, 15) is 9.59 Å². The smallest absolute Gasteiger partial charge is 0.338 e. The van der Waals surface area contributed by atoms with Crippen LogP contribution in [0, 0.1) is 0 Å². The summed E-state index contributed by atoms with van der Waals surface area (Å²) in [5.74, 6) is 0.306.